The molecule has 2 heterocycles. The minimum absolute atomic E-state index is 0.214. The summed E-state index contributed by atoms with van der Waals surface area (Å²) in [5.74, 6) is 0.824. The fourth-order valence-corrected chi connectivity index (χ4v) is 3.82. The minimum Gasteiger partial charge on any atom is -0.390 e. The lowest BCUT2D eigenvalue weighted by atomic mass is 10.0. The molecule has 4 rings (SSSR count). The molecule has 9 heteroatoms. The third-order valence-corrected chi connectivity index (χ3v) is 5.20. The topological polar surface area (TPSA) is 120 Å². The van der Waals surface area contributed by atoms with E-state index in [0.717, 1.165) is 22.2 Å². The molecule has 2 aromatic heterocycles. The first-order chi connectivity index (χ1) is 15.7. The summed E-state index contributed by atoms with van der Waals surface area (Å²) in [6.45, 7) is 6.22. The standard InChI is InChI=1S/C24H25FN8/c1-24(2,3)33-20-8-5-14(15-11-29-23(27)30-12-15)9-19(20)32-22(33)18-10-16(25)6-7-17(18)21(28-4)31-13-26/h5-13H,1-4H3,(H2,26,28,31)(H2,27,29,30). The van der Waals surface area contributed by atoms with Gasteiger partial charge in [-0.25, -0.2) is 24.3 Å². The summed E-state index contributed by atoms with van der Waals surface area (Å²) in [5, 5.41) is 0. The van der Waals surface area contributed by atoms with Crippen LogP contribution in [0.1, 0.15) is 26.3 Å². The predicted molar refractivity (Wildman–Crippen MR) is 131 cm³/mol. The van der Waals surface area contributed by atoms with E-state index in [1.54, 1.807) is 25.5 Å². The van der Waals surface area contributed by atoms with Gasteiger partial charge in [0.05, 0.1) is 17.4 Å². The third kappa shape index (κ3) is 4.17. The zero-order chi connectivity index (χ0) is 23.8. The fraction of sp³-hybridized carbons (Fsp3) is 0.208. The summed E-state index contributed by atoms with van der Waals surface area (Å²) in [5.41, 5.74) is 15.4. The van der Waals surface area contributed by atoms with Crippen molar-refractivity contribution in [3.8, 4) is 22.5 Å². The van der Waals surface area contributed by atoms with E-state index in [0.29, 0.717) is 22.8 Å². The Morgan fingerprint density at radius 2 is 1.79 bits per heavy atom. The van der Waals surface area contributed by atoms with E-state index in [1.165, 1.54) is 18.5 Å². The summed E-state index contributed by atoms with van der Waals surface area (Å²) in [6.07, 6.45) is 4.51. The van der Waals surface area contributed by atoms with Crippen molar-refractivity contribution in [2.24, 2.45) is 15.7 Å². The molecule has 168 valence electrons. The van der Waals surface area contributed by atoms with Crippen LogP contribution in [-0.2, 0) is 5.54 Å². The Balaban J connectivity index is 2.00. The molecule has 0 aliphatic rings. The average molecular weight is 445 g/mol. The van der Waals surface area contributed by atoms with E-state index >= 15 is 0 Å². The summed E-state index contributed by atoms with van der Waals surface area (Å²) >= 11 is 0. The number of halogens is 1. The Hall–Kier alpha value is -4.14. The molecule has 4 aromatic rings. The minimum atomic E-state index is -0.381. The normalized spacial score (nSPS) is 12.7. The number of benzene rings is 2. The number of hydrogen-bond donors (Lipinski definition) is 2. The molecule has 0 saturated heterocycles. The highest BCUT2D eigenvalue weighted by Gasteiger charge is 2.25. The van der Waals surface area contributed by atoms with E-state index in [2.05, 4.69) is 45.3 Å². The molecule has 0 amide bonds. The molecule has 0 fully saturated rings. The lowest BCUT2D eigenvalue weighted by Gasteiger charge is -2.25. The van der Waals surface area contributed by atoms with Gasteiger partial charge in [0, 0.05) is 41.7 Å². The highest BCUT2D eigenvalue weighted by molar-refractivity contribution is 6.07. The Morgan fingerprint density at radius 3 is 2.42 bits per heavy atom. The van der Waals surface area contributed by atoms with E-state index in [-0.39, 0.29) is 17.3 Å². The molecule has 0 radical (unpaired) electrons. The second kappa shape index (κ2) is 8.42. The molecular weight excluding hydrogens is 419 g/mol. The van der Waals surface area contributed by atoms with Gasteiger partial charge in [-0.15, -0.1) is 0 Å². The molecule has 0 spiro atoms. The van der Waals surface area contributed by atoms with Gasteiger partial charge in [-0.3, -0.25) is 4.99 Å². The first kappa shape index (κ1) is 22.1. The number of rotatable bonds is 3. The van der Waals surface area contributed by atoms with Crippen molar-refractivity contribution in [1.82, 2.24) is 19.5 Å². The molecule has 4 N–H and O–H groups in total. The van der Waals surface area contributed by atoms with Crippen molar-refractivity contribution < 1.29 is 4.39 Å². The van der Waals surface area contributed by atoms with Crippen LogP contribution in [0.4, 0.5) is 10.3 Å². The lowest BCUT2D eigenvalue weighted by Crippen LogP contribution is -2.23. The Kier molecular flexibility index (Phi) is 5.63. The second-order valence-corrected chi connectivity index (χ2v) is 8.49. The number of fused-ring (bicyclic) bond motifs is 1. The number of hydrogen-bond acceptors (Lipinski definition) is 5. The number of anilines is 1. The molecule has 0 bridgehead atoms. The molecule has 0 unspecified atom stereocenters. The lowest BCUT2D eigenvalue weighted by molar-refractivity contribution is 0.413. The van der Waals surface area contributed by atoms with Crippen LogP contribution in [-0.4, -0.2) is 38.7 Å². The first-order valence-electron chi connectivity index (χ1n) is 10.3. The number of nitrogen functional groups attached to an aromatic ring is 1. The molecule has 33 heavy (non-hydrogen) atoms. The maximum Gasteiger partial charge on any atom is 0.219 e. The van der Waals surface area contributed by atoms with Gasteiger partial charge in [-0.05, 0) is 56.7 Å². The van der Waals surface area contributed by atoms with Crippen LogP contribution in [0, 0.1) is 5.82 Å². The highest BCUT2D eigenvalue weighted by Crippen LogP contribution is 2.35. The zero-order valence-corrected chi connectivity index (χ0v) is 18.9. The van der Waals surface area contributed by atoms with Gasteiger partial charge >= 0.3 is 0 Å². The van der Waals surface area contributed by atoms with Crippen LogP contribution in [0.5, 0.6) is 0 Å². The van der Waals surface area contributed by atoms with Gasteiger partial charge < -0.3 is 16.0 Å². The maximum absolute atomic E-state index is 14.4. The van der Waals surface area contributed by atoms with Crippen molar-refractivity contribution in [3.05, 3.63) is 60.2 Å². The maximum atomic E-state index is 14.4. The fourth-order valence-electron chi connectivity index (χ4n) is 3.82. The van der Waals surface area contributed by atoms with Gasteiger partial charge in [0.25, 0.3) is 0 Å². The zero-order valence-electron chi connectivity index (χ0n) is 18.9. The summed E-state index contributed by atoms with van der Waals surface area (Å²) in [7, 11) is 1.61. The quantitative estimate of drug-likeness (QED) is 0.365. The molecule has 0 aliphatic carbocycles. The molecule has 0 atom stereocenters. The van der Waals surface area contributed by atoms with Gasteiger partial charge in [-0.2, -0.15) is 0 Å². The van der Waals surface area contributed by atoms with Gasteiger partial charge in [0.1, 0.15) is 11.6 Å². The summed E-state index contributed by atoms with van der Waals surface area (Å²) in [6, 6.07) is 10.4. The highest BCUT2D eigenvalue weighted by atomic mass is 19.1. The van der Waals surface area contributed by atoms with Crippen LogP contribution < -0.4 is 11.5 Å². The second-order valence-electron chi connectivity index (χ2n) is 8.49. The van der Waals surface area contributed by atoms with Crippen molar-refractivity contribution in [2.75, 3.05) is 12.8 Å². The molecule has 8 nitrogen and oxygen atoms in total. The van der Waals surface area contributed by atoms with Crippen LogP contribution in [0.15, 0.2) is 58.8 Å². The Bertz CT molecular complexity index is 1380. The number of aliphatic imine (C=N–C) groups is 2. The number of imidazole rings is 1. The molecule has 2 aromatic carbocycles. The molecular formula is C24H25FN8. The summed E-state index contributed by atoms with van der Waals surface area (Å²) < 4.78 is 16.5. The van der Waals surface area contributed by atoms with Crippen LogP contribution in [0.3, 0.4) is 0 Å². The summed E-state index contributed by atoms with van der Waals surface area (Å²) in [4.78, 5) is 21.5. The molecule has 0 saturated carbocycles. The Morgan fingerprint density at radius 1 is 1.06 bits per heavy atom. The van der Waals surface area contributed by atoms with Crippen molar-refractivity contribution >= 4 is 29.2 Å². The first-order valence-corrected chi connectivity index (χ1v) is 10.3. The number of amidine groups is 1. The monoisotopic (exact) mass is 444 g/mol. The van der Waals surface area contributed by atoms with E-state index < -0.39 is 0 Å². The largest absolute Gasteiger partial charge is 0.390 e. The number of nitrogens with zero attached hydrogens (tertiary/aromatic N) is 6. The van der Waals surface area contributed by atoms with Crippen molar-refractivity contribution in [2.45, 2.75) is 26.3 Å². The van der Waals surface area contributed by atoms with E-state index in [9.17, 15) is 4.39 Å². The molecule has 0 aliphatic heterocycles. The van der Waals surface area contributed by atoms with Crippen LogP contribution >= 0.6 is 0 Å². The number of nitrogens with two attached hydrogens (primary N) is 2. The van der Waals surface area contributed by atoms with Gasteiger partial charge in [0.2, 0.25) is 5.95 Å². The van der Waals surface area contributed by atoms with Gasteiger partial charge in [-0.1, -0.05) is 6.07 Å². The van der Waals surface area contributed by atoms with E-state index in [1.807, 2.05) is 18.2 Å². The Labute approximate surface area is 190 Å². The number of aromatic nitrogens is 4. The van der Waals surface area contributed by atoms with Crippen molar-refractivity contribution in [3.63, 3.8) is 0 Å². The van der Waals surface area contributed by atoms with E-state index in [4.69, 9.17) is 16.5 Å². The smallest absolute Gasteiger partial charge is 0.219 e. The van der Waals surface area contributed by atoms with Crippen LogP contribution in [0.2, 0.25) is 0 Å². The van der Waals surface area contributed by atoms with Crippen LogP contribution in [0.25, 0.3) is 33.5 Å². The predicted octanol–water partition coefficient (Wildman–Crippen LogP) is 4.00. The SMILES string of the molecule is CN=C(N=CN)c1ccc(F)cc1-c1nc2cc(-c3cnc(N)nc3)ccc2n1C(C)(C)C. The third-order valence-electron chi connectivity index (χ3n) is 5.20. The van der Waals surface area contributed by atoms with Crippen molar-refractivity contribution in [1.29, 1.82) is 0 Å². The average Bonchev–Trinajstić information content (AvgIpc) is 3.17. The van der Waals surface area contributed by atoms with Gasteiger partial charge in [0.15, 0.2) is 5.84 Å².